The Balaban J connectivity index is 1.31. The highest BCUT2D eigenvalue weighted by Crippen LogP contribution is 2.45. The smallest absolute Gasteiger partial charge is 0.407 e. The van der Waals surface area contributed by atoms with Crippen molar-refractivity contribution in [3.8, 4) is 11.1 Å². The molecule has 0 unspecified atom stereocenters. The van der Waals surface area contributed by atoms with Crippen molar-refractivity contribution in [3.05, 3.63) is 59.7 Å². The van der Waals surface area contributed by atoms with Crippen molar-refractivity contribution < 1.29 is 24.2 Å². The van der Waals surface area contributed by atoms with Gasteiger partial charge in [-0.3, -0.25) is 4.79 Å². The molecule has 1 saturated carbocycles. The van der Waals surface area contributed by atoms with Gasteiger partial charge >= 0.3 is 12.1 Å². The van der Waals surface area contributed by atoms with Crippen LogP contribution in [-0.4, -0.2) is 42.3 Å². The molecule has 0 bridgehead atoms. The minimum atomic E-state index is -1.04. The molecular weight excluding hydrogens is 420 g/mol. The number of amides is 2. The number of benzene rings is 2. The fourth-order valence-electron chi connectivity index (χ4n) is 4.93. The lowest BCUT2D eigenvalue weighted by atomic mass is 9.66. The zero-order valence-corrected chi connectivity index (χ0v) is 18.8. The maximum atomic E-state index is 12.5. The first-order valence-corrected chi connectivity index (χ1v) is 11.5. The lowest BCUT2D eigenvalue weighted by Crippen LogP contribution is -2.48. The Morgan fingerprint density at radius 1 is 1.06 bits per heavy atom. The van der Waals surface area contributed by atoms with Gasteiger partial charge < -0.3 is 20.5 Å². The highest BCUT2D eigenvalue weighted by atomic mass is 16.5. The van der Waals surface area contributed by atoms with Crippen LogP contribution in [0.3, 0.4) is 0 Å². The molecule has 0 radical (unpaired) electrons. The maximum absolute atomic E-state index is 12.5. The standard InChI is InChI=1S/C26H30N2O5/c1-2-22(24(30)31)28-23(29)14-26(12-7-13-26)16-27-25(32)33-15-21-19-10-5-3-8-17(19)18-9-4-6-11-20(18)21/h3-6,8-11,21-22H,2,7,12-16H2,1H3,(H,27,32)(H,28,29)(H,30,31)/t22-/m0/s1. The Labute approximate surface area is 193 Å². The summed E-state index contributed by atoms with van der Waals surface area (Å²) in [6, 6.07) is 15.5. The van der Waals surface area contributed by atoms with E-state index in [1.54, 1.807) is 6.92 Å². The third-order valence-corrected chi connectivity index (χ3v) is 6.94. The number of carbonyl (C=O) groups is 3. The maximum Gasteiger partial charge on any atom is 0.407 e. The number of hydrogen-bond donors (Lipinski definition) is 3. The minimum absolute atomic E-state index is 0.00594. The van der Waals surface area contributed by atoms with Gasteiger partial charge in [0.05, 0.1) is 0 Å². The molecule has 2 aliphatic carbocycles. The van der Waals surface area contributed by atoms with Gasteiger partial charge in [0.2, 0.25) is 5.91 Å². The summed E-state index contributed by atoms with van der Waals surface area (Å²) in [5.74, 6) is -1.34. The minimum Gasteiger partial charge on any atom is -0.480 e. The number of carbonyl (C=O) groups excluding carboxylic acids is 2. The van der Waals surface area contributed by atoms with Crippen molar-refractivity contribution in [2.75, 3.05) is 13.2 Å². The Hall–Kier alpha value is -3.35. The number of carboxylic acids is 1. The van der Waals surface area contributed by atoms with Gasteiger partial charge in [-0.25, -0.2) is 9.59 Å². The number of hydrogen-bond acceptors (Lipinski definition) is 4. The Morgan fingerprint density at radius 2 is 1.67 bits per heavy atom. The van der Waals surface area contributed by atoms with Gasteiger partial charge in [0.1, 0.15) is 12.6 Å². The number of nitrogens with one attached hydrogen (secondary N) is 2. The van der Waals surface area contributed by atoms with E-state index in [9.17, 15) is 14.4 Å². The zero-order chi connectivity index (χ0) is 23.4. The Kier molecular flexibility index (Phi) is 6.67. The topological polar surface area (TPSA) is 105 Å². The largest absolute Gasteiger partial charge is 0.480 e. The van der Waals surface area contributed by atoms with E-state index in [1.807, 2.05) is 24.3 Å². The van der Waals surface area contributed by atoms with Gasteiger partial charge in [0, 0.05) is 18.9 Å². The summed E-state index contributed by atoms with van der Waals surface area (Å²) < 4.78 is 5.59. The van der Waals surface area contributed by atoms with E-state index in [0.29, 0.717) is 13.0 Å². The molecule has 7 heteroatoms. The molecule has 3 N–H and O–H groups in total. The van der Waals surface area contributed by atoms with Crippen molar-refractivity contribution in [1.82, 2.24) is 10.6 Å². The predicted octanol–water partition coefficient (Wildman–Crippen LogP) is 4.06. The summed E-state index contributed by atoms with van der Waals surface area (Å²) in [6.45, 7) is 2.29. The highest BCUT2D eigenvalue weighted by molar-refractivity contribution is 5.84. The SMILES string of the molecule is CC[C@H](NC(=O)CC1(CNC(=O)OCC2c3ccccc3-c3ccccc32)CCC1)C(=O)O. The fourth-order valence-corrected chi connectivity index (χ4v) is 4.93. The van der Waals surface area contributed by atoms with Gasteiger partial charge in [0.15, 0.2) is 0 Å². The number of alkyl carbamates (subject to hydrolysis) is 1. The summed E-state index contributed by atoms with van der Waals surface area (Å²) in [5, 5.41) is 14.6. The molecule has 2 aromatic rings. The molecule has 2 amide bonds. The van der Waals surface area contributed by atoms with E-state index in [1.165, 1.54) is 11.1 Å². The summed E-state index contributed by atoms with van der Waals surface area (Å²) in [5.41, 5.74) is 4.32. The van der Waals surface area contributed by atoms with Crippen molar-refractivity contribution in [2.45, 2.75) is 51.0 Å². The second-order valence-electron chi connectivity index (χ2n) is 9.08. The molecule has 174 valence electrons. The van der Waals surface area contributed by atoms with E-state index >= 15 is 0 Å². The molecule has 7 nitrogen and oxygen atoms in total. The number of rotatable bonds is 9. The van der Waals surface area contributed by atoms with Crippen LogP contribution in [0, 0.1) is 5.41 Å². The third kappa shape index (κ3) is 4.87. The monoisotopic (exact) mass is 450 g/mol. The quantitative estimate of drug-likeness (QED) is 0.534. The van der Waals surface area contributed by atoms with Crippen LogP contribution in [0.15, 0.2) is 48.5 Å². The zero-order valence-electron chi connectivity index (χ0n) is 18.8. The van der Waals surface area contributed by atoms with Gasteiger partial charge in [-0.2, -0.15) is 0 Å². The van der Waals surface area contributed by atoms with E-state index in [4.69, 9.17) is 9.84 Å². The van der Waals surface area contributed by atoms with E-state index in [-0.39, 0.29) is 30.3 Å². The molecule has 0 spiro atoms. The van der Waals surface area contributed by atoms with Crippen molar-refractivity contribution in [3.63, 3.8) is 0 Å². The van der Waals surface area contributed by atoms with Crippen molar-refractivity contribution in [1.29, 1.82) is 0 Å². The molecule has 0 heterocycles. The summed E-state index contributed by atoms with van der Waals surface area (Å²) in [4.78, 5) is 36.1. The van der Waals surface area contributed by atoms with E-state index in [0.717, 1.165) is 30.4 Å². The molecule has 2 aromatic carbocycles. The fraction of sp³-hybridized carbons (Fsp3) is 0.423. The van der Waals surface area contributed by atoms with Crippen LogP contribution in [0.2, 0.25) is 0 Å². The molecule has 33 heavy (non-hydrogen) atoms. The second kappa shape index (κ2) is 9.65. The second-order valence-corrected chi connectivity index (χ2v) is 9.08. The molecule has 1 atom stereocenters. The first kappa shape index (κ1) is 22.8. The van der Waals surface area contributed by atoms with E-state index < -0.39 is 18.1 Å². The summed E-state index contributed by atoms with van der Waals surface area (Å²) in [7, 11) is 0. The van der Waals surface area contributed by atoms with Crippen LogP contribution in [-0.2, 0) is 14.3 Å². The molecule has 0 saturated heterocycles. The van der Waals surface area contributed by atoms with Crippen LogP contribution in [0.4, 0.5) is 4.79 Å². The number of fused-ring (bicyclic) bond motifs is 3. The first-order valence-electron chi connectivity index (χ1n) is 11.5. The molecule has 0 aromatic heterocycles. The van der Waals surface area contributed by atoms with Crippen LogP contribution in [0.1, 0.15) is 56.1 Å². The lowest BCUT2D eigenvalue weighted by Gasteiger charge is -2.41. The van der Waals surface area contributed by atoms with E-state index in [2.05, 4.69) is 34.9 Å². The lowest BCUT2D eigenvalue weighted by molar-refractivity contribution is -0.142. The molecule has 4 rings (SSSR count). The number of ether oxygens (including phenoxy) is 1. The van der Waals surface area contributed by atoms with Crippen LogP contribution < -0.4 is 10.6 Å². The van der Waals surface area contributed by atoms with Gasteiger partial charge in [-0.1, -0.05) is 61.9 Å². The number of aliphatic carboxylic acids is 1. The van der Waals surface area contributed by atoms with Crippen molar-refractivity contribution >= 4 is 18.0 Å². The van der Waals surface area contributed by atoms with Crippen LogP contribution >= 0.6 is 0 Å². The summed E-state index contributed by atoms with van der Waals surface area (Å²) >= 11 is 0. The number of carboxylic acid groups (broad SMARTS) is 1. The van der Waals surface area contributed by atoms with Gasteiger partial charge in [-0.15, -0.1) is 0 Å². The average molecular weight is 451 g/mol. The van der Waals surface area contributed by atoms with Gasteiger partial charge in [0.25, 0.3) is 0 Å². The molecule has 2 aliphatic rings. The normalized spacial score (nSPS) is 16.6. The Morgan fingerprint density at radius 3 is 2.18 bits per heavy atom. The van der Waals surface area contributed by atoms with Crippen LogP contribution in [0.25, 0.3) is 11.1 Å². The molecule has 1 fully saturated rings. The highest BCUT2D eigenvalue weighted by Gasteiger charge is 2.40. The van der Waals surface area contributed by atoms with Gasteiger partial charge in [-0.05, 0) is 46.9 Å². The molecule has 0 aliphatic heterocycles. The predicted molar refractivity (Wildman–Crippen MR) is 124 cm³/mol. The van der Waals surface area contributed by atoms with Crippen LogP contribution in [0.5, 0.6) is 0 Å². The average Bonchev–Trinajstić information content (AvgIpc) is 3.11. The summed E-state index contributed by atoms with van der Waals surface area (Å²) in [6.07, 6.45) is 2.63. The Bertz CT molecular complexity index is 1000. The van der Waals surface area contributed by atoms with Crippen molar-refractivity contribution in [2.24, 2.45) is 5.41 Å². The first-order chi connectivity index (χ1) is 15.9. The third-order valence-electron chi connectivity index (χ3n) is 6.94. The molecular formula is C26H30N2O5.